The highest BCUT2D eigenvalue weighted by Crippen LogP contribution is 2.32. The summed E-state index contributed by atoms with van der Waals surface area (Å²) < 4.78 is 0. The number of primary amides is 1. The van der Waals surface area contributed by atoms with Crippen LogP contribution < -0.4 is 27.8 Å². The van der Waals surface area contributed by atoms with E-state index in [9.17, 15) is 4.79 Å². The molecule has 1 aliphatic heterocycles. The van der Waals surface area contributed by atoms with Crippen molar-refractivity contribution in [1.82, 2.24) is 15.5 Å². The molecule has 0 aromatic heterocycles. The fourth-order valence-corrected chi connectivity index (χ4v) is 4.48. The number of amides is 1. The summed E-state index contributed by atoms with van der Waals surface area (Å²) >= 11 is 0. The molecule has 0 radical (unpaired) electrons. The minimum Gasteiger partial charge on any atom is -0.399 e. The van der Waals surface area contributed by atoms with E-state index < -0.39 is 5.91 Å². The smallest absolute Gasteiger partial charge is 0.268 e. The topological polar surface area (TPSA) is 122 Å². The molecule has 8 N–H and O–H groups in total. The molecule has 1 saturated heterocycles. The van der Waals surface area contributed by atoms with Gasteiger partial charge in [0.15, 0.2) is 0 Å². The van der Waals surface area contributed by atoms with E-state index in [1.165, 1.54) is 57.2 Å². The summed E-state index contributed by atoms with van der Waals surface area (Å²) in [6.45, 7) is 2.58. The summed E-state index contributed by atoms with van der Waals surface area (Å²) in [6, 6.07) is 9.86. The van der Waals surface area contributed by atoms with Gasteiger partial charge in [-0.05, 0) is 75.2 Å². The molecule has 2 aliphatic carbocycles. The molecule has 1 aromatic rings. The molecule has 166 valence electrons. The van der Waals surface area contributed by atoms with Crippen molar-refractivity contribution >= 4 is 11.6 Å². The van der Waals surface area contributed by atoms with E-state index in [0.29, 0.717) is 11.9 Å². The third-order valence-corrected chi connectivity index (χ3v) is 6.49. The number of likely N-dealkylation sites (tertiary alicyclic amines) is 1. The molecule has 0 bridgehead atoms. The minimum atomic E-state index is -0.604. The fraction of sp³-hybridized carbons (Fsp3) is 0.609. The second-order valence-corrected chi connectivity index (χ2v) is 8.74. The average Bonchev–Trinajstić information content (AvgIpc) is 3.42. The largest absolute Gasteiger partial charge is 0.399 e. The van der Waals surface area contributed by atoms with Gasteiger partial charge >= 0.3 is 0 Å². The molecular weight excluding hydrogens is 376 g/mol. The highest BCUT2D eigenvalue weighted by molar-refractivity contribution is 5.91. The number of carbonyl (C=O) groups excluding carboxylic acids is 1. The molecule has 1 amide bonds. The number of piperidine rings is 1. The number of nitrogens with one attached hydrogen (secondary N) is 2. The first-order valence-corrected chi connectivity index (χ1v) is 11.3. The van der Waals surface area contributed by atoms with Gasteiger partial charge < -0.3 is 32.7 Å². The van der Waals surface area contributed by atoms with Gasteiger partial charge in [-0.25, -0.2) is 0 Å². The number of carbonyl (C=O) groups is 1. The van der Waals surface area contributed by atoms with Gasteiger partial charge in [-0.2, -0.15) is 0 Å². The molecule has 0 atom stereocenters. The van der Waals surface area contributed by atoms with Crippen LogP contribution in [0, 0.1) is 0 Å². The van der Waals surface area contributed by atoms with E-state index in [1.54, 1.807) is 7.05 Å². The molecule has 7 nitrogen and oxygen atoms in total. The zero-order chi connectivity index (χ0) is 21.5. The molecule has 1 heterocycles. The van der Waals surface area contributed by atoms with E-state index in [-0.39, 0.29) is 5.70 Å². The Hall–Kier alpha value is -2.41. The Morgan fingerprint density at radius 3 is 2.07 bits per heavy atom. The molecule has 2 saturated carbocycles. The lowest BCUT2D eigenvalue weighted by Crippen LogP contribution is -2.39. The van der Waals surface area contributed by atoms with Crippen molar-refractivity contribution in [3.05, 3.63) is 41.3 Å². The number of benzene rings is 1. The number of hydrogen-bond acceptors (Lipinski definition) is 6. The van der Waals surface area contributed by atoms with E-state index in [1.807, 2.05) is 12.1 Å². The van der Waals surface area contributed by atoms with Crippen LogP contribution in [0.1, 0.15) is 62.8 Å². The summed E-state index contributed by atoms with van der Waals surface area (Å²) in [7, 11) is 1.69. The fourth-order valence-electron chi connectivity index (χ4n) is 4.48. The molecule has 1 aromatic carbocycles. The van der Waals surface area contributed by atoms with E-state index in [0.717, 1.165) is 30.5 Å². The third kappa shape index (κ3) is 6.29. The van der Waals surface area contributed by atoms with Gasteiger partial charge in [-0.3, -0.25) is 4.79 Å². The van der Waals surface area contributed by atoms with Crippen molar-refractivity contribution < 1.29 is 4.79 Å². The van der Waals surface area contributed by atoms with Gasteiger partial charge in [-0.15, -0.1) is 0 Å². The predicted molar refractivity (Wildman–Crippen MR) is 122 cm³/mol. The number of rotatable bonds is 6. The molecule has 30 heavy (non-hydrogen) atoms. The van der Waals surface area contributed by atoms with Gasteiger partial charge in [0, 0.05) is 24.8 Å². The van der Waals surface area contributed by atoms with Crippen molar-refractivity contribution in [2.45, 2.75) is 69.4 Å². The number of nitrogens with zero attached hydrogens (tertiary/aromatic N) is 1. The van der Waals surface area contributed by atoms with Crippen LogP contribution in [0.15, 0.2) is 35.8 Å². The summed E-state index contributed by atoms with van der Waals surface area (Å²) in [6.07, 6.45) is 10.7. The lowest BCUT2D eigenvalue weighted by molar-refractivity contribution is -0.114. The maximum atomic E-state index is 10.7. The third-order valence-electron chi connectivity index (χ3n) is 6.49. The Morgan fingerprint density at radius 2 is 1.57 bits per heavy atom. The Morgan fingerprint density at radius 1 is 0.967 bits per heavy atom. The minimum absolute atomic E-state index is 0.0596. The number of anilines is 1. The van der Waals surface area contributed by atoms with Crippen molar-refractivity contribution in [3.8, 4) is 0 Å². The van der Waals surface area contributed by atoms with Gasteiger partial charge in [0.1, 0.15) is 11.5 Å². The Labute approximate surface area is 180 Å². The maximum absolute atomic E-state index is 10.7. The van der Waals surface area contributed by atoms with Crippen LogP contribution in [-0.2, 0) is 4.79 Å². The van der Waals surface area contributed by atoms with Crippen LogP contribution in [0.5, 0.6) is 0 Å². The van der Waals surface area contributed by atoms with Crippen LogP contribution in [0.25, 0.3) is 0 Å². The van der Waals surface area contributed by atoms with Crippen LogP contribution in [0.3, 0.4) is 0 Å². The lowest BCUT2D eigenvalue weighted by Gasteiger charge is -2.36. The number of hydrogen-bond donors (Lipinski definition) is 5. The van der Waals surface area contributed by atoms with Crippen LogP contribution in [0.2, 0.25) is 0 Å². The molecule has 0 spiro atoms. The predicted octanol–water partition coefficient (Wildman–Crippen LogP) is 1.96. The molecule has 0 unspecified atom stereocenters. The first-order valence-electron chi connectivity index (χ1n) is 11.3. The summed E-state index contributed by atoms with van der Waals surface area (Å²) in [5.41, 5.74) is 18.6. The first-order chi connectivity index (χ1) is 14.5. The lowest BCUT2D eigenvalue weighted by atomic mass is 9.88. The van der Waals surface area contributed by atoms with Crippen molar-refractivity contribution in [2.24, 2.45) is 11.5 Å². The SMILES string of the molecule is CN/C(NC1CC1)=C(\N)C(N)=O.Nc1ccc(C2CCN(C3CCCC3)CC2)cc1. The van der Waals surface area contributed by atoms with Crippen LogP contribution in [-0.4, -0.2) is 43.0 Å². The highest BCUT2D eigenvalue weighted by atomic mass is 16.1. The summed E-state index contributed by atoms with van der Waals surface area (Å²) in [4.78, 5) is 13.4. The highest BCUT2D eigenvalue weighted by Gasteiger charge is 2.27. The van der Waals surface area contributed by atoms with Crippen molar-refractivity contribution in [1.29, 1.82) is 0 Å². The monoisotopic (exact) mass is 414 g/mol. The Kier molecular flexibility index (Phi) is 7.85. The van der Waals surface area contributed by atoms with E-state index in [2.05, 4.69) is 27.7 Å². The number of nitrogens with two attached hydrogens (primary N) is 3. The quantitative estimate of drug-likeness (QED) is 0.358. The van der Waals surface area contributed by atoms with Crippen molar-refractivity contribution in [2.75, 3.05) is 25.9 Å². The average molecular weight is 415 g/mol. The van der Waals surface area contributed by atoms with Gasteiger partial charge in [0.2, 0.25) is 0 Å². The zero-order valence-electron chi connectivity index (χ0n) is 18.2. The second kappa shape index (κ2) is 10.6. The van der Waals surface area contributed by atoms with Gasteiger partial charge in [-0.1, -0.05) is 25.0 Å². The Balaban J connectivity index is 0.000000187. The molecule has 3 aliphatic rings. The normalized spacial score (nSPS) is 21.4. The Bertz CT molecular complexity index is 714. The van der Waals surface area contributed by atoms with E-state index in [4.69, 9.17) is 17.2 Å². The van der Waals surface area contributed by atoms with E-state index >= 15 is 0 Å². The summed E-state index contributed by atoms with van der Waals surface area (Å²) in [5.74, 6) is 0.681. The molecular formula is C23H38N6O. The second-order valence-electron chi connectivity index (χ2n) is 8.74. The van der Waals surface area contributed by atoms with Gasteiger partial charge in [0.25, 0.3) is 5.91 Å². The molecule has 4 rings (SSSR count). The summed E-state index contributed by atoms with van der Waals surface area (Å²) in [5, 5.41) is 5.86. The zero-order valence-corrected chi connectivity index (χ0v) is 18.2. The maximum Gasteiger partial charge on any atom is 0.268 e. The first kappa shape index (κ1) is 22.3. The van der Waals surface area contributed by atoms with Crippen LogP contribution in [0.4, 0.5) is 5.69 Å². The molecule has 7 heteroatoms. The van der Waals surface area contributed by atoms with Crippen molar-refractivity contribution in [3.63, 3.8) is 0 Å². The number of nitrogen functional groups attached to an aromatic ring is 1. The standard InChI is InChI=1S/C16H24N2.C7H14N4O/c17-15-7-5-13(6-8-15)14-9-11-18(12-10-14)16-3-1-2-4-16;1-10-7(5(8)6(9)12)11-4-2-3-4/h5-8,14,16H,1-4,9-12,17H2;4,10-11H,2-3,8H2,1H3,(H2,9,12)/b;7-5+. The molecule has 3 fully saturated rings. The van der Waals surface area contributed by atoms with Gasteiger partial charge in [0.05, 0.1) is 0 Å². The van der Waals surface area contributed by atoms with Crippen LogP contribution >= 0.6 is 0 Å².